The minimum atomic E-state index is -2.31. The van der Waals surface area contributed by atoms with E-state index in [9.17, 15) is 14.4 Å². The Hall–Kier alpha value is -1.24. The summed E-state index contributed by atoms with van der Waals surface area (Å²) in [7, 11) is -4.55. The molecule has 1 unspecified atom stereocenters. The third kappa shape index (κ3) is 8.40. The Balaban J connectivity index is 3.48. The molecule has 3 atom stereocenters. The molecule has 0 spiro atoms. The topological polar surface area (TPSA) is 97.0 Å². The fourth-order valence-electron chi connectivity index (χ4n) is 3.45. The van der Waals surface area contributed by atoms with Gasteiger partial charge >= 0.3 is 0 Å². The Morgan fingerprint density at radius 1 is 0.914 bits per heavy atom. The number of carbonyl (C=O) groups is 3. The number of hydrogen-bond acceptors (Lipinski definition) is 5. The van der Waals surface area contributed by atoms with Crippen LogP contribution >= 0.6 is 0 Å². The molecule has 1 heterocycles. The summed E-state index contributed by atoms with van der Waals surface area (Å²) < 4.78 is 13.7. The van der Waals surface area contributed by atoms with E-state index in [0.717, 1.165) is 12.8 Å². The van der Waals surface area contributed by atoms with E-state index in [1.807, 2.05) is 0 Å². The highest BCUT2D eigenvalue weighted by Crippen LogP contribution is 2.42. The fourth-order valence-corrected chi connectivity index (χ4v) is 6.08. The summed E-state index contributed by atoms with van der Waals surface area (Å²) in [5.74, 6) is -0.815. The van der Waals surface area contributed by atoms with Crippen LogP contribution < -0.4 is 10.6 Å². The van der Waals surface area contributed by atoms with Crippen LogP contribution in [0.15, 0.2) is 0 Å². The Labute approximate surface area is 215 Å². The first-order valence-electron chi connectivity index (χ1n) is 12.9. The van der Waals surface area contributed by atoms with Gasteiger partial charge in [-0.3, -0.25) is 14.4 Å². The maximum absolute atomic E-state index is 13.5. The number of rotatable bonds is 10. The zero-order valence-electron chi connectivity index (χ0n) is 24.3. The zero-order chi connectivity index (χ0) is 27.4. The number of likely N-dealkylation sites (tertiary alicyclic amines) is 1. The van der Waals surface area contributed by atoms with Crippen LogP contribution in [-0.2, 0) is 23.2 Å². The monoisotopic (exact) mass is 529 g/mol. The molecule has 8 nitrogen and oxygen atoms in total. The molecule has 0 aliphatic carbocycles. The number of carbonyl (C=O) groups excluding carboxylic acids is 3. The predicted molar refractivity (Wildman–Crippen MR) is 146 cm³/mol. The van der Waals surface area contributed by atoms with Gasteiger partial charge in [0, 0.05) is 20.0 Å². The molecular formula is C25H51N3O5Si2. The van der Waals surface area contributed by atoms with Crippen molar-refractivity contribution in [1.29, 1.82) is 0 Å². The number of hydrogen-bond donors (Lipinski definition) is 2. The molecule has 0 aromatic carbocycles. The maximum atomic E-state index is 13.5. The highest BCUT2D eigenvalue weighted by Gasteiger charge is 2.54. The lowest BCUT2D eigenvalue weighted by Crippen LogP contribution is -2.57. The molecule has 0 saturated carbocycles. The van der Waals surface area contributed by atoms with Crippen LogP contribution in [0.1, 0.15) is 68.2 Å². The number of nitrogens with one attached hydrogen (secondary N) is 2. The second-order valence-corrected chi connectivity index (χ2v) is 22.3. The van der Waals surface area contributed by atoms with Crippen molar-refractivity contribution in [2.45, 2.75) is 123 Å². The summed E-state index contributed by atoms with van der Waals surface area (Å²) in [6, 6.07) is -0.808. The van der Waals surface area contributed by atoms with Crippen LogP contribution in [0.25, 0.3) is 0 Å². The van der Waals surface area contributed by atoms with Gasteiger partial charge in [-0.05, 0) is 42.7 Å². The van der Waals surface area contributed by atoms with Gasteiger partial charge in [0.1, 0.15) is 12.1 Å². The van der Waals surface area contributed by atoms with Gasteiger partial charge in [-0.25, -0.2) is 0 Å². The van der Waals surface area contributed by atoms with E-state index in [1.54, 1.807) is 4.90 Å². The van der Waals surface area contributed by atoms with E-state index >= 15 is 0 Å². The molecule has 2 N–H and O–H groups in total. The highest BCUT2D eigenvalue weighted by atomic mass is 28.4. The van der Waals surface area contributed by atoms with Gasteiger partial charge in [0.05, 0.1) is 12.6 Å². The van der Waals surface area contributed by atoms with Gasteiger partial charge in [0.25, 0.3) is 0 Å². The molecule has 10 heteroatoms. The molecule has 0 radical (unpaired) electrons. The molecule has 1 rings (SSSR count). The van der Waals surface area contributed by atoms with Gasteiger partial charge in [0.15, 0.2) is 16.6 Å². The van der Waals surface area contributed by atoms with Crippen molar-refractivity contribution in [3.8, 4) is 0 Å². The Morgan fingerprint density at radius 3 is 1.89 bits per heavy atom. The van der Waals surface area contributed by atoms with Gasteiger partial charge in [-0.15, -0.1) is 0 Å². The summed E-state index contributed by atoms with van der Waals surface area (Å²) in [5, 5.41) is 5.48. The summed E-state index contributed by atoms with van der Waals surface area (Å²) in [4.78, 5) is 39.8. The van der Waals surface area contributed by atoms with E-state index in [1.165, 1.54) is 6.92 Å². The molecule has 0 aromatic heterocycles. The Morgan fingerprint density at radius 2 is 1.43 bits per heavy atom. The van der Waals surface area contributed by atoms with Crippen LogP contribution in [0.4, 0.5) is 0 Å². The van der Waals surface area contributed by atoms with Crippen LogP contribution in [0.2, 0.25) is 36.3 Å². The minimum Gasteiger partial charge on any atom is -0.409 e. The van der Waals surface area contributed by atoms with Crippen LogP contribution in [0.3, 0.4) is 0 Å². The lowest BCUT2D eigenvalue weighted by Gasteiger charge is -2.43. The van der Waals surface area contributed by atoms with E-state index in [-0.39, 0.29) is 40.9 Å². The van der Waals surface area contributed by atoms with Crippen LogP contribution in [0.5, 0.6) is 0 Å². The SMILES string of the molecule is CCCCNC(=O)C1[C@H](O[Si](C)(C)C(C)(C)C)[C@@H](O[Si](C)(C)C(C)(C)C)CN1C(=O)CNC(C)=O. The second-order valence-electron chi connectivity index (χ2n) is 12.8. The van der Waals surface area contributed by atoms with Crippen LogP contribution in [0, 0.1) is 0 Å². The first-order chi connectivity index (χ1) is 15.7. The van der Waals surface area contributed by atoms with Crippen molar-refractivity contribution in [2.75, 3.05) is 19.6 Å². The standard InChI is InChI=1S/C25H51N3O5Si2/c1-13-14-15-26-23(31)21-22(33-35(11,12)25(6,7)8)19(32-34(9,10)24(3,4)5)17-28(21)20(30)16-27-18(2)29/h19,21-22H,13-17H2,1-12H3,(H,26,31)(H,27,29)/t19-,21?,22+/m0/s1. The van der Waals surface area contributed by atoms with E-state index in [4.69, 9.17) is 8.85 Å². The minimum absolute atomic E-state index is 0.0407. The van der Waals surface area contributed by atoms with Crippen molar-refractivity contribution in [3.05, 3.63) is 0 Å². The number of amides is 3. The van der Waals surface area contributed by atoms with Crippen LogP contribution in [-0.4, -0.2) is 77.1 Å². The molecule has 1 aliphatic heterocycles. The Kier molecular flexibility index (Phi) is 10.8. The van der Waals surface area contributed by atoms with Crippen molar-refractivity contribution < 1.29 is 23.2 Å². The van der Waals surface area contributed by atoms with Gasteiger partial charge in [0.2, 0.25) is 17.7 Å². The fraction of sp³-hybridized carbons (Fsp3) is 0.880. The predicted octanol–water partition coefficient (Wildman–Crippen LogP) is 4.03. The Bertz CT molecular complexity index is 759. The first-order valence-corrected chi connectivity index (χ1v) is 18.7. The molecule has 204 valence electrons. The molecule has 1 saturated heterocycles. The molecule has 3 amide bonds. The van der Waals surface area contributed by atoms with E-state index in [0.29, 0.717) is 6.54 Å². The highest BCUT2D eigenvalue weighted by molar-refractivity contribution is 6.74. The molecule has 1 fully saturated rings. The van der Waals surface area contributed by atoms with E-state index < -0.39 is 34.9 Å². The smallest absolute Gasteiger partial charge is 0.245 e. The van der Waals surface area contributed by atoms with Gasteiger partial charge in [-0.2, -0.15) is 0 Å². The van der Waals surface area contributed by atoms with Crippen molar-refractivity contribution in [1.82, 2.24) is 15.5 Å². The number of nitrogens with zero attached hydrogens (tertiary/aromatic N) is 1. The summed E-state index contributed by atoms with van der Waals surface area (Å²) in [5.41, 5.74) is 0. The largest absolute Gasteiger partial charge is 0.409 e. The summed E-state index contributed by atoms with van der Waals surface area (Å²) >= 11 is 0. The first kappa shape index (κ1) is 31.8. The second kappa shape index (κ2) is 11.9. The lowest BCUT2D eigenvalue weighted by atomic mass is 10.1. The average molecular weight is 530 g/mol. The summed E-state index contributed by atoms with van der Waals surface area (Å²) in [6.45, 7) is 25.7. The molecule has 0 aromatic rings. The molecule has 0 bridgehead atoms. The summed E-state index contributed by atoms with van der Waals surface area (Å²) in [6.07, 6.45) is 0.814. The van der Waals surface area contributed by atoms with Gasteiger partial charge in [-0.1, -0.05) is 54.9 Å². The average Bonchev–Trinajstić information content (AvgIpc) is 3.01. The molecule has 35 heavy (non-hydrogen) atoms. The van der Waals surface area contributed by atoms with Crippen molar-refractivity contribution in [2.24, 2.45) is 0 Å². The maximum Gasteiger partial charge on any atom is 0.245 e. The third-order valence-corrected chi connectivity index (χ3v) is 16.8. The van der Waals surface area contributed by atoms with Gasteiger partial charge < -0.3 is 24.4 Å². The molecular weight excluding hydrogens is 478 g/mol. The van der Waals surface area contributed by atoms with Crippen molar-refractivity contribution >= 4 is 34.4 Å². The number of unbranched alkanes of at least 4 members (excludes halogenated alkanes) is 1. The third-order valence-electron chi connectivity index (χ3n) is 7.79. The zero-order valence-corrected chi connectivity index (χ0v) is 26.3. The quantitative estimate of drug-likeness (QED) is 0.329. The van der Waals surface area contributed by atoms with E-state index in [2.05, 4.69) is 85.3 Å². The van der Waals surface area contributed by atoms with Crippen molar-refractivity contribution in [3.63, 3.8) is 0 Å². The molecule has 1 aliphatic rings. The normalized spacial score (nSPS) is 21.7. The lowest BCUT2D eigenvalue weighted by molar-refractivity contribution is -0.140.